The molecule has 0 bridgehead atoms. The van der Waals surface area contributed by atoms with Crippen LogP contribution >= 0.6 is 0 Å². The molecule has 0 N–H and O–H groups in total. The van der Waals surface area contributed by atoms with Crippen LogP contribution in [0.2, 0.25) is 6.32 Å². The molecule has 0 heterocycles. The SMILES string of the molecule is CC[N+](CC)(CC)CC.[BH3-]CCCCCC(c1ccc(F)cc1)(c1ccc(F)cc1)c1ccc(F)cc1. The Hall–Kier alpha value is -2.53. The quantitative estimate of drug-likeness (QED) is 0.101. The van der Waals surface area contributed by atoms with Gasteiger partial charge in [0.2, 0.25) is 0 Å². The van der Waals surface area contributed by atoms with Gasteiger partial charge >= 0.3 is 0 Å². The molecule has 0 unspecified atom stereocenters. The molecule has 3 aromatic carbocycles. The van der Waals surface area contributed by atoms with Crippen molar-refractivity contribution in [2.24, 2.45) is 0 Å². The fourth-order valence-electron chi connectivity index (χ4n) is 5.04. The first kappa shape index (κ1) is 30.7. The number of halogens is 3. The molecule has 37 heavy (non-hydrogen) atoms. The summed E-state index contributed by atoms with van der Waals surface area (Å²) >= 11 is 0. The molecule has 3 aromatic rings. The van der Waals surface area contributed by atoms with Crippen LogP contribution in [-0.2, 0) is 5.41 Å². The lowest BCUT2D eigenvalue weighted by Gasteiger charge is -2.36. The van der Waals surface area contributed by atoms with Gasteiger partial charge in [-0.3, -0.25) is 0 Å². The Morgan fingerprint density at radius 1 is 0.541 bits per heavy atom. The maximum Gasteiger partial charge on any atom is 0.123 e. The van der Waals surface area contributed by atoms with Crippen LogP contribution in [0.1, 0.15) is 70.1 Å². The molecule has 0 radical (unpaired) electrons. The van der Waals surface area contributed by atoms with E-state index in [4.69, 9.17) is 0 Å². The smallest absolute Gasteiger partial charge is 0.123 e. The van der Waals surface area contributed by atoms with Crippen molar-refractivity contribution < 1.29 is 17.7 Å². The third-order valence-electron chi connectivity index (χ3n) is 7.75. The van der Waals surface area contributed by atoms with Crippen LogP contribution in [0.3, 0.4) is 0 Å². The van der Waals surface area contributed by atoms with Gasteiger partial charge in [-0.1, -0.05) is 55.7 Å². The normalized spacial score (nSPS) is 11.7. The van der Waals surface area contributed by atoms with Crippen LogP contribution < -0.4 is 0 Å². The molecule has 1 nitrogen and oxygen atoms in total. The maximum atomic E-state index is 13.6. The number of nitrogens with zero attached hydrogens (tertiary/aromatic N) is 1. The van der Waals surface area contributed by atoms with Crippen molar-refractivity contribution in [3.05, 3.63) is 107 Å². The van der Waals surface area contributed by atoms with Crippen molar-refractivity contribution in [1.29, 1.82) is 0 Å². The van der Waals surface area contributed by atoms with E-state index in [1.54, 1.807) is 36.4 Å². The molecule has 5 heteroatoms. The average molecular weight is 512 g/mol. The highest BCUT2D eigenvalue weighted by Crippen LogP contribution is 2.43. The van der Waals surface area contributed by atoms with Crippen LogP contribution in [0.25, 0.3) is 0 Å². The van der Waals surface area contributed by atoms with Crippen LogP contribution in [0, 0.1) is 17.5 Å². The van der Waals surface area contributed by atoms with E-state index in [1.807, 2.05) is 0 Å². The second-order valence-electron chi connectivity index (χ2n) is 9.34. The first-order valence-electron chi connectivity index (χ1n) is 13.2. The maximum absolute atomic E-state index is 13.6. The van der Waals surface area contributed by atoms with Crippen molar-refractivity contribution in [2.45, 2.75) is 65.1 Å². The third kappa shape index (κ3) is 7.98. The number of benzene rings is 3. The fourth-order valence-corrected chi connectivity index (χ4v) is 5.04. The van der Waals surface area contributed by atoms with E-state index in [9.17, 15) is 13.2 Å². The second-order valence-corrected chi connectivity index (χ2v) is 9.34. The van der Waals surface area contributed by atoms with Gasteiger partial charge in [0.1, 0.15) is 17.5 Å². The van der Waals surface area contributed by atoms with Crippen molar-refractivity contribution >= 4 is 7.85 Å². The highest BCUT2D eigenvalue weighted by molar-refractivity contribution is 6.08. The van der Waals surface area contributed by atoms with Gasteiger partial charge in [-0.25, -0.2) is 13.2 Å². The monoisotopic (exact) mass is 511 g/mol. The van der Waals surface area contributed by atoms with Crippen molar-refractivity contribution in [1.82, 2.24) is 0 Å². The summed E-state index contributed by atoms with van der Waals surface area (Å²) in [5, 5.41) is 0. The molecule has 0 amide bonds. The van der Waals surface area contributed by atoms with E-state index in [2.05, 4.69) is 27.7 Å². The molecule has 3 rings (SSSR count). The highest BCUT2D eigenvalue weighted by atomic mass is 19.1. The van der Waals surface area contributed by atoms with Gasteiger partial charge in [-0.2, -0.15) is 6.32 Å². The molecule has 0 fully saturated rings. The van der Waals surface area contributed by atoms with Crippen LogP contribution in [0.4, 0.5) is 13.2 Å². The third-order valence-corrected chi connectivity index (χ3v) is 7.75. The Balaban J connectivity index is 0.000000458. The van der Waals surface area contributed by atoms with Gasteiger partial charge in [0.15, 0.2) is 0 Å². The van der Waals surface area contributed by atoms with E-state index in [0.717, 1.165) is 36.0 Å². The summed E-state index contributed by atoms with van der Waals surface area (Å²) in [5.41, 5.74) is 2.23. The molecule has 0 atom stereocenters. The van der Waals surface area contributed by atoms with E-state index in [1.165, 1.54) is 79.8 Å². The molecule has 0 aliphatic heterocycles. The standard InChI is InChI=1S/C24H25BF3.C8H20N/c25-17-3-1-2-16-24(18-4-10-21(26)11-5-18,19-6-12-22(27)13-7-19)20-8-14-23(28)15-9-20;1-5-9(6-2,7-3)8-4/h4-15H,1-3,16-17H2,25H3;5-8H2,1-4H3/q-1;+1. The highest BCUT2D eigenvalue weighted by Gasteiger charge is 2.36. The molecule has 0 aromatic heterocycles. The molecule has 202 valence electrons. The molecular formula is C32H45BF3N. The first-order chi connectivity index (χ1) is 17.8. The largest absolute Gasteiger partial charge is 0.325 e. The van der Waals surface area contributed by atoms with Gasteiger partial charge in [-0.15, -0.1) is 0 Å². The van der Waals surface area contributed by atoms with E-state index in [-0.39, 0.29) is 17.5 Å². The van der Waals surface area contributed by atoms with E-state index in [0.29, 0.717) is 7.85 Å². The van der Waals surface area contributed by atoms with Crippen LogP contribution in [0.15, 0.2) is 72.8 Å². The van der Waals surface area contributed by atoms with E-state index >= 15 is 0 Å². The minimum absolute atomic E-state index is 0.296. The lowest BCUT2D eigenvalue weighted by molar-refractivity contribution is -0.921. The number of quaternary nitrogens is 1. The van der Waals surface area contributed by atoms with E-state index < -0.39 is 5.41 Å². The van der Waals surface area contributed by atoms with Crippen LogP contribution in [0.5, 0.6) is 0 Å². The summed E-state index contributed by atoms with van der Waals surface area (Å²) in [6.45, 7) is 14.2. The van der Waals surface area contributed by atoms with Gasteiger partial charge in [0, 0.05) is 5.41 Å². The topological polar surface area (TPSA) is 0 Å². The van der Waals surface area contributed by atoms with Gasteiger partial charge in [0.05, 0.1) is 26.2 Å². The predicted octanol–water partition coefficient (Wildman–Crippen LogP) is 7.67. The Morgan fingerprint density at radius 3 is 1.11 bits per heavy atom. The summed E-state index contributed by atoms with van der Waals surface area (Å²) in [4.78, 5) is 0. The Morgan fingerprint density at radius 2 is 0.865 bits per heavy atom. The summed E-state index contributed by atoms with van der Waals surface area (Å²) in [7, 11) is 0.422. The summed E-state index contributed by atoms with van der Waals surface area (Å²) in [6, 6.07) is 19.5. The number of hydrogen-bond donors (Lipinski definition) is 0. The molecule has 0 aliphatic carbocycles. The number of hydrogen-bond acceptors (Lipinski definition) is 0. The lowest BCUT2D eigenvalue weighted by Crippen LogP contribution is -2.47. The zero-order chi connectivity index (χ0) is 27.3. The van der Waals surface area contributed by atoms with Crippen molar-refractivity contribution in [3.8, 4) is 0 Å². The minimum atomic E-state index is -0.574. The summed E-state index contributed by atoms with van der Waals surface area (Å²) in [6.07, 6.45) is 5.55. The first-order valence-corrected chi connectivity index (χ1v) is 13.2. The molecular weight excluding hydrogens is 466 g/mol. The minimum Gasteiger partial charge on any atom is -0.325 e. The predicted molar refractivity (Wildman–Crippen MR) is 155 cm³/mol. The van der Waals surface area contributed by atoms with Crippen molar-refractivity contribution in [3.63, 3.8) is 0 Å². The summed E-state index contributed by atoms with van der Waals surface area (Å²) in [5.74, 6) is -0.887. The Kier molecular flexibility index (Phi) is 12.5. The van der Waals surface area contributed by atoms with Gasteiger partial charge in [0.25, 0.3) is 0 Å². The second kappa shape index (κ2) is 15.0. The van der Waals surface area contributed by atoms with Crippen molar-refractivity contribution in [2.75, 3.05) is 26.2 Å². The van der Waals surface area contributed by atoms with Gasteiger partial charge < -0.3 is 4.48 Å². The average Bonchev–Trinajstić information content (AvgIpc) is 2.93. The number of rotatable bonds is 12. The molecule has 0 saturated heterocycles. The fraction of sp³-hybridized carbons (Fsp3) is 0.438. The zero-order valence-electron chi connectivity index (χ0n) is 22.4. The Labute approximate surface area is 223 Å². The molecule has 0 spiro atoms. The lowest BCUT2D eigenvalue weighted by atomic mass is 9.66. The molecule has 0 saturated carbocycles. The zero-order valence-corrected chi connectivity index (χ0v) is 22.4. The van der Waals surface area contributed by atoms with Gasteiger partial charge in [-0.05, 0) is 95.1 Å². The Bertz CT molecular complexity index is 901. The molecule has 0 aliphatic rings. The number of unbranched alkanes of at least 4 members (excludes halogenated alkanes) is 2. The van der Waals surface area contributed by atoms with Crippen LogP contribution in [-0.4, -0.2) is 38.5 Å². The summed E-state index contributed by atoms with van der Waals surface area (Å²) < 4.78 is 42.2.